The summed E-state index contributed by atoms with van der Waals surface area (Å²) in [5.74, 6) is 0.797. The first-order valence-electron chi connectivity index (χ1n) is 2.63. The van der Waals surface area contributed by atoms with Gasteiger partial charge in [0.2, 0.25) is 0 Å². The van der Waals surface area contributed by atoms with Crippen molar-refractivity contribution in [1.82, 2.24) is 4.98 Å². The Kier molecular flexibility index (Phi) is 2.73. The molecule has 1 rings (SSSR count). The Hall–Kier alpha value is -0.520. The molecule has 0 fully saturated rings. The minimum atomic E-state index is -0.235. The number of nitrogens with zero attached hydrogens (tertiary/aromatic N) is 1. The van der Waals surface area contributed by atoms with Crippen molar-refractivity contribution in [1.29, 1.82) is 0 Å². The van der Waals surface area contributed by atoms with Gasteiger partial charge in [-0.1, -0.05) is 0 Å². The van der Waals surface area contributed by atoms with Crippen LogP contribution in [0.25, 0.3) is 0 Å². The van der Waals surface area contributed by atoms with Crippen molar-refractivity contribution in [2.24, 2.45) is 0 Å². The molecule has 1 heterocycles. The summed E-state index contributed by atoms with van der Waals surface area (Å²) in [4.78, 5) is 5.73. The van der Waals surface area contributed by atoms with E-state index in [9.17, 15) is 0 Å². The molecule has 56 valence electrons. The number of pyridine rings is 1. The zero-order valence-electron chi connectivity index (χ0n) is 5.41. The molecule has 0 aliphatic heterocycles. The summed E-state index contributed by atoms with van der Waals surface area (Å²) >= 11 is -0.235. The molecule has 3 nitrogen and oxygen atoms in total. The van der Waals surface area contributed by atoms with Crippen LogP contribution in [0, 0.1) is 0 Å². The fraction of sp³-hybridized carbons (Fsp3) is 0.167. The van der Waals surface area contributed by atoms with Crippen LogP contribution in [0.4, 0.5) is 0 Å². The predicted molar refractivity (Wildman–Crippen MR) is 32.5 cm³/mol. The van der Waals surface area contributed by atoms with Gasteiger partial charge >= 0.3 is 69.7 Å². The third-order valence-corrected chi connectivity index (χ3v) is 1.81. The van der Waals surface area contributed by atoms with Crippen LogP contribution in [0.2, 0.25) is 0 Å². The summed E-state index contributed by atoms with van der Waals surface area (Å²) in [6.45, 7) is 0. The van der Waals surface area contributed by atoms with Crippen LogP contribution in [-0.4, -0.2) is 15.0 Å². The molecule has 1 N–H and O–H groups in total. The first-order valence-corrected chi connectivity index (χ1v) is 5.67. The average Bonchev–Trinajstić information content (AvgIpc) is 1.88. The molecular formula is C6H7INO2-. The summed E-state index contributed by atoms with van der Waals surface area (Å²) in [5.41, 5.74) is 0. The summed E-state index contributed by atoms with van der Waals surface area (Å²) < 4.78 is 5.17. The van der Waals surface area contributed by atoms with Crippen molar-refractivity contribution in [2.45, 2.75) is 0 Å². The van der Waals surface area contributed by atoms with E-state index in [-0.39, 0.29) is 27.4 Å². The molecule has 1 aromatic rings. The Morgan fingerprint density at radius 1 is 1.60 bits per heavy atom. The Bertz CT molecular complexity index is 217. The molecule has 0 aliphatic carbocycles. The zero-order valence-corrected chi connectivity index (χ0v) is 7.57. The quantitative estimate of drug-likeness (QED) is 0.480. The van der Waals surface area contributed by atoms with Crippen LogP contribution < -0.4 is 24.7 Å². The SMILES string of the molecule is C[I-]Oc1cncc(O)c1. The van der Waals surface area contributed by atoms with Gasteiger partial charge in [-0.05, 0) is 0 Å². The van der Waals surface area contributed by atoms with Gasteiger partial charge < -0.3 is 0 Å². The van der Waals surface area contributed by atoms with Crippen LogP contribution >= 0.6 is 0 Å². The zero-order chi connectivity index (χ0) is 7.40. The van der Waals surface area contributed by atoms with Crippen molar-refractivity contribution >= 4 is 0 Å². The van der Waals surface area contributed by atoms with Crippen LogP contribution in [0.5, 0.6) is 11.5 Å². The molecule has 0 unspecified atom stereocenters. The van der Waals surface area contributed by atoms with E-state index in [0.717, 1.165) is 0 Å². The van der Waals surface area contributed by atoms with E-state index in [2.05, 4.69) is 4.98 Å². The van der Waals surface area contributed by atoms with E-state index in [1.54, 1.807) is 12.3 Å². The molecule has 1 aromatic heterocycles. The normalized spacial score (nSPS) is 9.70. The minimum absolute atomic E-state index is 0.148. The van der Waals surface area contributed by atoms with E-state index < -0.39 is 0 Å². The Morgan fingerprint density at radius 3 is 3.00 bits per heavy atom. The van der Waals surface area contributed by atoms with Crippen molar-refractivity contribution < 1.29 is 29.8 Å². The molecule has 0 bridgehead atoms. The Balaban J connectivity index is 2.75. The second kappa shape index (κ2) is 3.60. The van der Waals surface area contributed by atoms with E-state index in [1.807, 2.05) is 4.93 Å². The van der Waals surface area contributed by atoms with Gasteiger partial charge in [0.1, 0.15) is 0 Å². The number of aromatic hydroxyl groups is 1. The van der Waals surface area contributed by atoms with Gasteiger partial charge in [-0.2, -0.15) is 0 Å². The topological polar surface area (TPSA) is 42.4 Å². The number of hydrogen-bond acceptors (Lipinski definition) is 3. The van der Waals surface area contributed by atoms with Gasteiger partial charge in [0, 0.05) is 0 Å². The van der Waals surface area contributed by atoms with Gasteiger partial charge in [-0.25, -0.2) is 0 Å². The molecular weight excluding hydrogens is 245 g/mol. The number of rotatable bonds is 2. The third kappa shape index (κ3) is 2.02. The van der Waals surface area contributed by atoms with Gasteiger partial charge in [0.15, 0.2) is 0 Å². The summed E-state index contributed by atoms with van der Waals surface area (Å²) in [6.07, 6.45) is 2.96. The van der Waals surface area contributed by atoms with Crippen molar-refractivity contribution in [3.8, 4) is 11.5 Å². The van der Waals surface area contributed by atoms with E-state index in [0.29, 0.717) is 5.75 Å². The number of halogens is 1. The van der Waals surface area contributed by atoms with E-state index in [4.69, 9.17) is 8.17 Å². The first-order chi connectivity index (χ1) is 4.83. The monoisotopic (exact) mass is 252 g/mol. The molecule has 0 saturated carbocycles. The summed E-state index contributed by atoms with van der Waals surface area (Å²) in [7, 11) is 0. The fourth-order valence-electron chi connectivity index (χ4n) is 0.539. The molecule has 0 saturated heterocycles. The van der Waals surface area contributed by atoms with Crippen molar-refractivity contribution in [3.05, 3.63) is 18.5 Å². The Morgan fingerprint density at radius 2 is 2.40 bits per heavy atom. The van der Waals surface area contributed by atoms with Gasteiger partial charge in [0.25, 0.3) is 0 Å². The van der Waals surface area contributed by atoms with Gasteiger partial charge in [-0.3, -0.25) is 0 Å². The number of alkyl halides is 1. The molecule has 4 heteroatoms. The van der Waals surface area contributed by atoms with Crippen LogP contribution in [0.3, 0.4) is 0 Å². The maximum atomic E-state index is 8.91. The fourth-order valence-corrected chi connectivity index (χ4v) is 1.29. The van der Waals surface area contributed by atoms with E-state index in [1.165, 1.54) is 6.20 Å². The molecule has 0 spiro atoms. The third-order valence-electron chi connectivity index (χ3n) is 0.865. The maximum absolute atomic E-state index is 8.91. The van der Waals surface area contributed by atoms with E-state index >= 15 is 0 Å². The number of aromatic nitrogens is 1. The first kappa shape index (κ1) is 7.59. The standard InChI is InChI=1S/C6H7INO2/c1-7-10-6-2-5(9)3-8-4-6/h2-4,9H,1H3/q-1. The van der Waals surface area contributed by atoms with Crippen LogP contribution in [-0.2, 0) is 0 Å². The molecule has 0 amide bonds. The van der Waals surface area contributed by atoms with Gasteiger partial charge in [0.05, 0.1) is 0 Å². The molecule has 0 aliphatic rings. The second-order valence-electron chi connectivity index (χ2n) is 1.61. The van der Waals surface area contributed by atoms with Crippen LogP contribution in [0.15, 0.2) is 18.5 Å². The number of hydrogen-bond donors (Lipinski definition) is 1. The molecule has 0 aromatic carbocycles. The second-order valence-corrected chi connectivity index (χ2v) is 2.93. The van der Waals surface area contributed by atoms with Crippen LogP contribution in [0.1, 0.15) is 0 Å². The summed E-state index contributed by atoms with van der Waals surface area (Å²) in [5, 5.41) is 8.91. The average molecular weight is 252 g/mol. The van der Waals surface area contributed by atoms with Crippen molar-refractivity contribution in [2.75, 3.05) is 4.93 Å². The Labute approximate surface area is 69.9 Å². The van der Waals surface area contributed by atoms with Gasteiger partial charge in [-0.15, -0.1) is 0 Å². The predicted octanol–water partition coefficient (Wildman–Crippen LogP) is -2.20. The molecule has 10 heavy (non-hydrogen) atoms. The molecule has 0 radical (unpaired) electrons. The van der Waals surface area contributed by atoms with Crippen molar-refractivity contribution in [3.63, 3.8) is 0 Å². The summed E-state index contributed by atoms with van der Waals surface area (Å²) in [6, 6.07) is 1.55. The molecule has 0 atom stereocenters.